The van der Waals surface area contributed by atoms with E-state index >= 15 is 0 Å². The van der Waals surface area contributed by atoms with Crippen LogP contribution in [0.4, 0.5) is 0 Å². The van der Waals surface area contributed by atoms with Crippen molar-refractivity contribution in [3.05, 3.63) is 0 Å². The summed E-state index contributed by atoms with van der Waals surface area (Å²) in [6, 6.07) is 0.431. The van der Waals surface area contributed by atoms with Crippen LogP contribution >= 0.6 is 0 Å². The molecule has 0 aromatic heterocycles. The first-order chi connectivity index (χ1) is 3.30. The van der Waals surface area contributed by atoms with Crippen LogP contribution in [-0.2, 0) is 0 Å². The molecule has 1 rings (SSSR count). The molecule has 0 aliphatic carbocycles. The molecule has 1 fully saturated rings. The highest BCUT2D eigenvalue weighted by molar-refractivity contribution is 4.78. The van der Waals surface area contributed by atoms with Crippen LogP contribution in [0, 0.1) is 0 Å². The SMILES string of the molecule is CC1NCNC1N. The first kappa shape index (κ1) is 5.03. The summed E-state index contributed by atoms with van der Waals surface area (Å²) in [5.41, 5.74) is 5.50. The van der Waals surface area contributed by atoms with Crippen molar-refractivity contribution in [2.24, 2.45) is 5.73 Å². The highest BCUT2D eigenvalue weighted by Crippen LogP contribution is 1.88. The molecule has 3 nitrogen and oxygen atoms in total. The van der Waals surface area contributed by atoms with E-state index in [0.717, 1.165) is 6.67 Å². The smallest absolute Gasteiger partial charge is 0.0712 e. The zero-order valence-corrected chi connectivity index (χ0v) is 4.44. The lowest BCUT2D eigenvalue weighted by Gasteiger charge is -2.05. The summed E-state index contributed by atoms with van der Waals surface area (Å²) in [5.74, 6) is 0. The predicted molar refractivity (Wildman–Crippen MR) is 28.6 cm³/mol. The monoisotopic (exact) mass is 101 g/mol. The first-order valence-electron chi connectivity index (χ1n) is 2.53. The third-order valence-corrected chi connectivity index (χ3v) is 1.30. The minimum absolute atomic E-state index is 0.153. The Kier molecular flexibility index (Phi) is 1.27. The minimum atomic E-state index is 0.153. The van der Waals surface area contributed by atoms with E-state index in [0.29, 0.717) is 6.04 Å². The summed E-state index contributed by atoms with van der Waals surface area (Å²) in [5, 5.41) is 6.17. The van der Waals surface area contributed by atoms with E-state index < -0.39 is 0 Å². The maximum Gasteiger partial charge on any atom is 0.0712 e. The summed E-state index contributed by atoms with van der Waals surface area (Å²) >= 11 is 0. The van der Waals surface area contributed by atoms with Gasteiger partial charge in [0, 0.05) is 12.7 Å². The molecule has 2 atom stereocenters. The minimum Gasteiger partial charge on any atom is -0.315 e. The van der Waals surface area contributed by atoms with Gasteiger partial charge in [0.15, 0.2) is 0 Å². The van der Waals surface area contributed by atoms with Crippen molar-refractivity contribution in [2.75, 3.05) is 6.67 Å². The summed E-state index contributed by atoms with van der Waals surface area (Å²) < 4.78 is 0. The molecule has 1 aliphatic rings. The summed E-state index contributed by atoms with van der Waals surface area (Å²) in [6.07, 6.45) is 0.153. The summed E-state index contributed by atoms with van der Waals surface area (Å²) in [4.78, 5) is 0. The molecule has 0 spiro atoms. The molecule has 2 unspecified atom stereocenters. The van der Waals surface area contributed by atoms with Gasteiger partial charge in [-0.05, 0) is 6.92 Å². The van der Waals surface area contributed by atoms with Crippen molar-refractivity contribution in [3.8, 4) is 0 Å². The molecule has 7 heavy (non-hydrogen) atoms. The van der Waals surface area contributed by atoms with Crippen LogP contribution in [0.3, 0.4) is 0 Å². The number of nitrogens with one attached hydrogen (secondary N) is 2. The van der Waals surface area contributed by atoms with Gasteiger partial charge in [-0.2, -0.15) is 0 Å². The quantitative estimate of drug-likeness (QED) is 0.359. The van der Waals surface area contributed by atoms with Gasteiger partial charge in [-0.25, -0.2) is 0 Å². The fourth-order valence-corrected chi connectivity index (χ4v) is 0.642. The van der Waals surface area contributed by atoms with Gasteiger partial charge in [0.2, 0.25) is 0 Å². The van der Waals surface area contributed by atoms with Crippen molar-refractivity contribution in [2.45, 2.75) is 19.1 Å². The highest BCUT2D eigenvalue weighted by Gasteiger charge is 2.15. The van der Waals surface area contributed by atoms with Crippen LogP contribution in [0.15, 0.2) is 0 Å². The Bertz CT molecular complexity index is 56.0. The molecule has 0 saturated carbocycles. The second kappa shape index (κ2) is 1.78. The molecule has 0 radical (unpaired) electrons. The molecule has 0 aromatic carbocycles. The zero-order valence-electron chi connectivity index (χ0n) is 4.44. The average molecular weight is 101 g/mol. The highest BCUT2D eigenvalue weighted by atomic mass is 15.2. The lowest BCUT2D eigenvalue weighted by molar-refractivity contribution is 0.560. The van der Waals surface area contributed by atoms with E-state index in [2.05, 4.69) is 17.6 Å². The van der Waals surface area contributed by atoms with Crippen molar-refractivity contribution < 1.29 is 0 Å². The largest absolute Gasteiger partial charge is 0.315 e. The van der Waals surface area contributed by atoms with Crippen LogP contribution in [0.25, 0.3) is 0 Å². The third-order valence-electron chi connectivity index (χ3n) is 1.30. The number of rotatable bonds is 0. The van der Waals surface area contributed by atoms with E-state index in [1.54, 1.807) is 0 Å². The molecule has 3 heteroatoms. The Hall–Kier alpha value is -0.120. The first-order valence-corrected chi connectivity index (χ1v) is 2.53. The molecule has 1 heterocycles. The standard InChI is InChI=1S/C4H11N3/c1-3-4(5)7-2-6-3/h3-4,6-7H,2,5H2,1H3. The topological polar surface area (TPSA) is 50.1 Å². The van der Waals surface area contributed by atoms with E-state index in [4.69, 9.17) is 5.73 Å². The number of nitrogens with two attached hydrogens (primary N) is 1. The fourth-order valence-electron chi connectivity index (χ4n) is 0.642. The lowest BCUT2D eigenvalue weighted by Crippen LogP contribution is -2.39. The van der Waals surface area contributed by atoms with Gasteiger partial charge in [0.25, 0.3) is 0 Å². The molecule has 1 saturated heterocycles. The second-order valence-electron chi connectivity index (χ2n) is 1.90. The van der Waals surface area contributed by atoms with E-state index in [1.807, 2.05) is 0 Å². The molecular formula is C4H11N3. The van der Waals surface area contributed by atoms with Crippen molar-refractivity contribution in [1.29, 1.82) is 0 Å². The van der Waals surface area contributed by atoms with Gasteiger partial charge in [0.1, 0.15) is 0 Å². The van der Waals surface area contributed by atoms with Gasteiger partial charge >= 0.3 is 0 Å². The van der Waals surface area contributed by atoms with Gasteiger partial charge in [-0.15, -0.1) is 0 Å². The Morgan fingerprint density at radius 2 is 2.29 bits per heavy atom. The molecule has 0 amide bonds. The molecule has 0 bridgehead atoms. The average Bonchev–Trinajstić information content (AvgIpc) is 1.91. The molecule has 0 aromatic rings. The molecule has 4 N–H and O–H groups in total. The van der Waals surface area contributed by atoms with Crippen molar-refractivity contribution >= 4 is 0 Å². The fraction of sp³-hybridized carbons (Fsp3) is 1.00. The zero-order chi connectivity index (χ0) is 5.28. The Morgan fingerprint density at radius 1 is 1.57 bits per heavy atom. The predicted octanol–water partition coefficient (Wildman–Crippen LogP) is -1.19. The summed E-state index contributed by atoms with van der Waals surface area (Å²) in [7, 11) is 0. The van der Waals surface area contributed by atoms with Crippen LogP contribution in [-0.4, -0.2) is 18.9 Å². The molecule has 42 valence electrons. The third kappa shape index (κ3) is 0.907. The van der Waals surface area contributed by atoms with Gasteiger partial charge < -0.3 is 5.73 Å². The maximum atomic E-state index is 5.50. The molecular weight excluding hydrogens is 90.1 g/mol. The second-order valence-corrected chi connectivity index (χ2v) is 1.90. The number of hydrogen-bond donors (Lipinski definition) is 3. The van der Waals surface area contributed by atoms with Crippen LogP contribution in [0.2, 0.25) is 0 Å². The van der Waals surface area contributed by atoms with Gasteiger partial charge in [0.05, 0.1) is 6.17 Å². The van der Waals surface area contributed by atoms with Crippen LogP contribution < -0.4 is 16.4 Å². The lowest BCUT2D eigenvalue weighted by atomic mass is 10.3. The Morgan fingerprint density at radius 3 is 2.43 bits per heavy atom. The Labute approximate surface area is 43.3 Å². The normalized spacial score (nSPS) is 42.0. The van der Waals surface area contributed by atoms with Gasteiger partial charge in [-0.3, -0.25) is 10.6 Å². The van der Waals surface area contributed by atoms with Crippen LogP contribution in [0.5, 0.6) is 0 Å². The van der Waals surface area contributed by atoms with Crippen molar-refractivity contribution in [3.63, 3.8) is 0 Å². The van der Waals surface area contributed by atoms with E-state index in [1.165, 1.54) is 0 Å². The summed E-state index contributed by atoms with van der Waals surface area (Å²) in [6.45, 7) is 2.91. The van der Waals surface area contributed by atoms with Gasteiger partial charge in [-0.1, -0.05) is 0 Å². The van der Waals surface area contributed by atoms with E-state index in [-0.39, 0.29) is 6.17 Å². The van der Waals surface area contributed by atoms with E-state index in [9.17, 15) is 0 Å². The number of hydrogen-bond acceptors (Lipinski definition) is 3. The molecule has 1 aliphatic heterocycles. The maximum absolute atomic E-state index is 5.50. The van der Waals surface area contributed by atoms with Crippen LogP contribution in [0.1, 0.15) is 6.92 Å². The van der Waals surface area contributed by atoms with Crippen molar-refractivity contribution in [1.82, 2.24) is 10.6 Å². The Balaban J connectivity index is 2.33.